The lowest BCUT2D eigenvalue weighted by atomic mass is 10.0. The fourth-order valence-corrected chi connectivity index (χ4v) is 3.71. The fourth-order valence-electron chi connectivity index (χ4n) is 3.50. The standard InChI is InChI=1S/C20H22ClN3O4/c1-13-7-5-6-10-23(13)17-12-16(15(21)11-18(17)24(26)27)22-20(25)14-8-3-4-9-19(14)28-2/h3-4,8-9,11-13H,5-7,10H2,1-2H3,(H,22,25)/t13-/m0/s1. The van der Waals surface area contributed by atoms with Crippen LogP contribution in [-0.2, 0) is 0 Å². The van der Waals surface area contributed by atoms with Gasteiger partial charge in [0.1, 0.15) is 11.4 Å². The van der Waals surface area contributed by atoms with E-state index in [4.69, 9.17) is 16.3 Å². The van der Waals surface area contributed by atoms with E-state index in [1.54, 1.807) is 30.3 Å². The number of nitrogens with zero attached hydrogens (tertiary/aromatic N) is 2. The predicted octanol–water partition coefficient (Wildman–Crippen LogP) is 4.89. The molecular weight excluding hydrogens is 382 g/mol. The van der Waals surface area contributed by atoms with Crippen LogP contribution in [0.25, 0.3) is 0 Å². The maximum atomic E-state index is 12.7. The molecule has 1 N–H and O–H groups in total. The first-order valence-electron chi connectivity index (χ1n) is 9.11. The smallest absolute Gasteiger partial charge is 0.294 e. The lowest BCUT2D eigenvalue weighted by Gasteiger charge is -2.35. The summed E-state index contributed by atoms with van der Waals surface area (Å²) in [5.41, 5.74) is 1.09. The number of hydrogen-bond donors (Lipinski definition) is 1. The van der Waals surface area contributed by atoms with Gasteiger partial charge >= 0.3 is 0 Å². The van der Waals surface area contributed by atoms with Crippen molar-refractivity contribution in [2.45, 2.75) is 32.2 Å². The Morgan fingerprint density at radius 2 is 2.07 bits per heavy atom. The number of piperidine rings is 1. The summed E-state index contributed by atoms with van der Waals surface area (Å²) in [7, 11) is 1.49. The zero-order valence-corrected chi connectivity index (χ0v) is 16.5. The van der Waals surface area contributed by atoms with Crippen molar-refractivity contribution in [3.05, 3.63) is 57.1 Å². The van der Waals surface area contributed by atoms with Crippen LogP contribution in [0.3, 0.4) is 0 Å². The van der Waals surface area contributed by atoms with Gasteiger partial charge in [-0.2, -0.15) is 0 Å². The number of amides is 1. The predicted molar refractivity (Wildman–Crippen MR) is 110 cm³/mol. The minimum atomic E-state index is -0.436. The molecule has 0 aromatic heterocycles. The van der Waals surface area contributed by atoms with Gasteiger partial charge in [-0.3, -0.25) is 14.9 Å². The summed E-state index contributed by atoms with van der Waals surface area (Å²) in [6.45, 7) is 2.77. The zero-order valence-electron chi connectivity index (χ0n) is 15.8. The molecule has 2 aromatic carbocycles. The molecule has 0 radical (unpaired) electrons. The Hall–Kier alpha value is -2.80. The van der Waals surface area contributed by atoms with Gasteiger partial charge in [0.25, 0.3) is 11.6 Å². The molecule has 1 amide bonds. The minimum absolute atomic E-state index is 0.0611. The third kappa shape index (κ3) is 4.04. The van der Waals surface area contributed by atoms with Crippen molar-refractivity contribution in [2.24, 2.45) is 0 Å². The molecule has 1 atom stereocenters. The molecule has 2 aromatic rings. The lowest BCUT2D eigenvalue weighted by molar-refractivity contribution is -0.384. The van der Waals surface area contributed by atoms with Gasteiger partial charge in [-0.25, -0.2) is 0 Å². The molecule has 28 heavy (non-hydrogen) atoms. The van der Waals surface area contributed by atoms with E-state index in [0.29, 0.717) is 22.7 Å². The molecule has 1 aliphatic rings. The van der Waals surface area contributed by atoms with Crippen molar-refractivity contribution in [1.82, 2.24) is 0 Å². The second-order valence-corrected chi connectivity index (χ2v) is 7.18. The van der Waals surface area contributed by atoms with Crippen molar-refractivity contribution < 1.29 is 14.5 Å². The van der Waals surface area contributed by atoms with E-state index in [1.165, 1.54) is 13.2 Å². The summed E-state index contributed by atoms with van der Waals surface area (Å²) in [4.78, 5) is 25.9. The Morgan fingerprint density at radius 3 is 2.75 bits per heavy atom. The van der Waals surface area contributed by atoms with E-state index in [1.807, 2.05) is 11.8 Å². The number of carbonyl (C=O) groups is 1. The van der Waals surface area contributed by atoms with Crippen LogP contribution in [0, 0.1) is 10.1 Å². The number of para-hydroxylation sites is 1. The van der Waals surface area contributed by atoms with Crippen molar-refractivity contribution in [3.8, 4) is 5.75 Å². The molecule has 0 saturated carbocycles. The number of nitrogens with one attached hydrogen (secondary N) is 1. The van der Waals surface area contributed by atoms with Gasteiger partial charge in [0.05, 0.1) is 28.3 Å². The number of halogens is 1. The van der Waals surface area contributed by atoms with Crippen LogP contribution in [0.5, 0.6) is 5.75 Å². The number of nitro benzene ring substituents is 1. The first kappa shape index (κ1) is 19.9. The highest BCUT2D eigenvalue weighted by Gasteiger charge is 2.28. The third-order valence-electron chi connectivity index (χ3n) is 4.97. The number of anilines is 2. The van der Waals surface area contributed by atoms with Gasteiger partial charge in [-0.15, -0.1) is 0 Å². The SMILES string of the molecule is COc1ccccc1C(=O)Nc1cc(N2CCCC[C@@H]2C)c([N+](=O)[O-])cc1Cl. The van der Waals surface area contributed by atoms with Crippen LogP contribution in [0.15, 0.2) is 36.4 Å². The molecular formula is C20H22ClN3O4. The summed E-state index contributed by atoms with van der Waals surface area (Å²) >= 11 is 6.26. The quantitative estimate of drug-likeness (QED) is 0.567. The molecule has 148 valence electrons. The zero-order chi connectivity index (χ0) is 20.3. The number of rotatable bonds is 5. The normalized spacial score (nSPS) is 16.5. The maximum absolute atomic E-state index is 12.7. The van der Waals surface area contributed by atoms with Crippen LogP contribution in [0.2, 0.25) is 5.02 Å². The summed E-state index contributed by atoms with van der Waals surface area (Å²) in [6.07, 6.45) is 3.02. The second kappa shape index (κ2) is 8.48. The van der Waals surface area contributed by atoms with Gasteiger partial charge < -0.3 is 15.0 Å². The lowest BCUT2D eigenvalue weighted by Crippen LogP contribution is -2.37. The Morgan fingerprint density at radius 1 is 1.32 bits per heavy atom. The molecule has 0 bridgehead atoms. The first-order chi connectivity index (χ1) is 13.4. The number of methoxy groups -OCH3 is 1. The van der Waals surface area contributed by atoms with Crippen LogP contribution in [-0.4, -0.2) is 30.5 Å². The molecule has 0 unspecified atom stereocenters. The minimum Gasteiger partial charge on any atom is -0.496 e. The molecule has 8 heteroatoms. The monoisotopic (exact) mass is 403 g/mol. The molecule has 1 fully saturated rings. The van der Waals surface area contributed by atoms with Gasteiger partial charge in [0.2, 0.25) is 0 Å². The van der Waals surface area contributed by atoms with Crippen molar-refractivity contribution in [1.29, 1.82) is 0 Å². The average Bonchev–Trinajstić information content (AvgIpc) is 2.69. The maximum Gasteiger partial charge on any atom is 0.294 e. The van der Waals surface area contributed by atoms with Crippen LogP contribution >= 0.6 is 11.6 Å². The van der Waals surface area contributed by atoms with Gasteiger partial charge in [-0.1, -0.05) is 23.7 Å². The van der Waals surface area contributed by atoms with Crippen LogP contribution < -0.4 is 15.0 Å². The van der Waals surface area contributed by atoms with E-state index < -0.39 is 10.8 Å². The molecule has 1 heterocycles. The first-order valence-corrected chi connectivity index (χ1v) is 9.49. The largest absolute Gasteiger partial charge is 0.496 e. The van der Waals surface area contributed by atoms with E-state index in [9.17, 15) is 14.9 Å². The van der Waals surface area contributed by atoms with Gasteiger partial charge in [0.15, 0.2) is 0 Å². The van der Waals surface area contributed by atoms with E-state index in [2.05, 4.69) is 5.32 Å². The summed E-state index contributed by atoms with van der Waals surface area (Å²) in [5, 5.41) is 14.5. The van der Waals surface area contributed by atoms with Gasteiger partial charge in [0, 0.05) is 18.7 Å². The number of nitro groups is 1. The average molecular weight is 404 g/mol. The number of ether oxygens (including phenoxy) is 1. The molecule has 0 aliphatic carbocycles. The fraction of sp³-hybridized carbons (Fsp3) is 0.350. The van der Waals surface area contributed by atoms with Crippen LogP contribution in [0.4, 0.5) is 17.1 Å². The molecule has 1 aliphatic heterocycles. The van der Waals surface area contributed by atoms with Crippen LogP contribution in [0.1, 0.15) is 36.5 Å². The highest BCUT2D eigenvalue weighted by Crippen LogP contribution is 2.39. The van der Waals surface area contributed by atoms with Crippen molar-refractivity contribution in [2.75, 3.05) is 23.9 Å². The molecule has 3 rings (SSSR count). The summed E-state index contributed by atoms with van der Waals surface area (Å²) in [6, 6.07) is 9.89. The second-order valence-electron chi connectivity index (χ2n) is 6.77. The number of hydrogen-bond acceptors (Lipinski definition) is 5. The molecule has 1 saturated heterocycles. The summed E-state index contributed by atoms with van der Waals surface area (Å²) < 4.78 is 5.23. The Bertz CT molecular complexity index is 903. The third-order valence-corrected chi connectivity index (χ3v) is 5.29. The van der Waals surface area contributed by atoms with E-state index in [0.717, 1.165) is 25.8 Å². The molecule has 0 spiro atoms. The topological polar surface area (TPSA) is 84.7 Å². The van der Waals surface area contributed by atoms with Gasteiger partial charge in [-0.05, 0) is 44.4 Å². The Balaban J connectivity index is 1.98. The van der Waals surface area contributed by atoms with E-state index >= 15 is 0 Å². The van der Waals surface area contributed by atoms with E-state index in [-0.39, 0.29) is 16.8 Å². The van der Waals surface area contributed by atoms with Crippen molar-refractivity contribution in [3.63, 3.8) is 0 Å². The Kier molecular flexibility index (Phi) is 6.04. The number of benzene rings is 2. The highest BCUT2D eigenvalue weighted by atomic mass is 35.5. The number of carbonyl (C=O) groups excluding carboxylic acids is 1. The molecule has 7 nitrogen and oxygen atoms in total. The highest BCUT2D eigenvalue weighted by molar-refractivity contribution is 6.34. The Labute approximate surface area is 168 Å². The summed E-state index contributed by atoms with van der Waals surface area (Å²) in [5.74, 6) is 0.0359. The van der Waals surface area contributed by atoms with Crippen molar-refractivity contribution >= 4 is 34.6 Å².